The zero-order valence-electron chi connectivity index (χ0n) is 10.8. The molecule has 3 heteroatoms. The highest BCUT2D eigenvalue weighted by Crippen LogP contribution is 2.01. The van der Waals surface area contributed by atoms with Crippen molar-refractivity contribution in [1.82, 2.24) is 9.80 Å². The summed E-state index contributed by atoms with van der Waals surface area (Å²) in [5.41, 5.74) is 5.47. The van der Waals surface area contributed by atoms with Gasteiger partial charge < -0.3 is 15.5 Å². The summed E-state index contributed by atoms with van der Waals surface area (Å²) in [6.45, 7) is 4.41. The van der Waals surface area contributed by atoms with Gasteiger partial charge in [-0.3, -0.25) is 0 Å². The fraction of sp³-hybridized carbons (Fsp3) is 1.00. The predicted molar refractivity (Wildman–Crippen MR) is 68.2 cm³/mol. The lowest BCUT2D eigenvalue weighted by molar-refractivity contribution is 0.318. The van der Waals surface area contributed by atoms with Crippen LogP contribution in [0.5, 0.6) is 0 Å². The van der Waals surface area contributed by atoms with E-state index >= 15 is 0 Å². The van der Waals surface area contributed by atoms with Gasteiger partial charge in [-0.1, -0.05) is 12.8 Å². The SMILES string of the molecule is CN(C)CCCCCCN(C)CCCN. The molecule has 0 aromatic carbocycles. The molecule has 0 atom stereocenters. The highest BCUT2D eigenvalue weighted by molar-refractivity contribution is 4.53. The molecule has 0 aliphatic heterocycles. The summed E-state index contributed by atoms with van der Waals surface area (Å²) in [6, 6.07) is 0. The number of hydrogen-bond acceptors (Lipinski definition) is 3. The summed E-state index contributed by atoms with van der Waals surface area (Å²) < 4.78 is 0. The molecule has 0 aromatic rings. The van der Waals surface area contributed by atoms with E-state index in [2.05, 4.69) is 30.9 Å². The Morgan fingerprint density at radius 2 is 1.27 bits per heavy atom. The third kappa shape index (κ3) is 11.8. The first-order valence-electron chi connectivity index (χ1n) is 6.20. The Balaban J connectivity index is 3.09. The van der Waals surface area contributed by atoms with Gasteiger partial charge in [0.15, 0.2) is 0 Å². The first-order valence-corrected chi connectivity index (χ1v) is 6.20. The van der Waals surface area contributed by atoms with Gasteiger partial charge in [0.2, 0.25) is 0 Å². The molecule has 0 saturated heterocycles. The third-order valence-corrected chi connectivity index (χ3v) is 2.64. The largest absolute Gasteiger partial charge is 0.330 e. The fourth-order valence-corrected chi connectivity index (χ4v) is 1.64. The quantitative estimate of drug-likeness (QED) is 0.559. The van der Waals surface area contributed by atoms with E-state index in [1.165, 1.54) is 38.8 Å². The number of nitrogens with two attached hydrogens (primary N) is 1. The van der Waals surface area contributed by atoms with Crippen molar-refractivity contribution >= 4 is 0 Å². The monoisotopic (exact) mass is 215 g/mol. The van der Waals surface area contributed by atoms with Crippen molar-refractivity contribution in [1.29, 1.82) is 0 Å². The van der Waals surface area contributed by atoms with Crippen LogP contribution in [0.1, 0.15) is 32.1 Å². The zero-order chi connectivity index (χ0) is 11.5. The molecule has 0 saturated carbocycles. The van der Waals surface area contributed by atoms with Crippen LogP contribution in [0.3, 0.4) is 0 Å². The van der Waals surface area contributed by atoms with Crippen molar-refractivity contribution in [2.24, 2.45) is 5.73 Å². The Kier molecular flexibility index (Phi) is 10.3. The van der Waals surface area contributed by atoms with E-state index in [1.54, 1.807) is 0 Å². The normalized spacial score (nSPS) is 11.6. The van der Waals surface area contributed by atoms with Gasteiger partial charge in [-0.05, 0) is 66.6 Å². The van der Waals surface area contributed by atoms with Gasteiger partial charge in [-0.15, -0.1) is 0 Å². The molecule has 3 nitrogen and oxygen atoms in total. The van der Waals surface area contributed by atoms with E-state index in [4.69, 9.17) is 5.73 Å². The molecule has 0 spiro atoms. The molecule has 0 heterocycles. The van der Waals surface area contributed by atoms with Crippen LogP contribution in [0.25, 0.3) is 0 Å². The van der Waals surface area contributed by atoms with E-state index in [1.807, 2.05) is 0 Å². The number of unbranched alkanes of at least 4 members (excludes halogenated alkanes) is 3. The molecule has 92 valence electrons. The second kappa shape index (κ2) is 10.4. The van der Waals surface area contributed by atoms with Gasteiger partial charge in [-0.25, -0.2) is 0 Å². The van der Waals surface area contributed by atoms with Crippen molar-refractivity contribution in [2.45, 2.75) is 32.1 Å². The molecule has 0 bridgehead atoms. The van der Waals surface area contributed by atoms with Crippen molar-refractivity contribution < 1.29 is 0 Å². The lowest BCUT2D eigenvalue weighted by Gasteiger charge is -2.15. The minimum absolute atomic E-state index is 0.813. The molecular weight excluding hydrogens is 186 g/mol. The first-order chi connectivity index (χ1) is 7.16. The van der Waals surface area contributed by atoms with Gasteiger partial charge in [0.25, 0.3) is 0 Å². The van der Waals surface area contributed by atoms with Crippen LogP contribution in [0.15, 0.2) is 0 Å². The van der Waals surface area contributed by atoms with E-state index in [0.717, 1.165) is 19.5 Å². The Morgan fingerprint density at radius 1 is 0.733 bits per heavy atom. The van der Waals surface area contributed by atoms with Crippen molar-refractivity contribution in [3.63, 3.8) is 0 Å². The van der Waals surface area contributed by atoms with Crippen molar-refractivity contribution in [3.8, 4) is 0 Å². The van der Waals surface area contributed by atoms with Crippen molar-refractivity contribution in [3.05, 3.63) is 0 Å². The highest BCUT2D eigenvalue weighted by atomic mass is 15.1. The van der Waals surface area contributed by atoms with E-state index in [9.17, 15) is 0 Å². The first kappa shape index (κ1) is 14.9. The lowest BCUT2D eigenvalue weighted by Crippen LogP contribution is -2.22. The lowest BCUT2D eigenvalue weighted by atomic mass is 10.2. The van der Waals surface area contributed by atoms with Crippen molar-refractivity contribution in [2.75, 3.05) is 47.3 Å². The summed E-state index contributed by atoms with van der Waals surface area (Å²) >= 11 is 0. The van der Waals surface area contributed by atoms with E-state index in [-0.39, 0.29) is 0 Å². The maximum absolute atomic E-state index is 5.47. The molecule has 0 unspecified atom stereocenters. The molecule has 0 amide bonds. The minimum Gasteiger partial charge on any atom is -0.330 e. The van der Waals surface area contributed by atoms with Crippen LogP contribution >= 0.6 is 0 Å². The van der Waals surface area contributed by atoms with Gasteiger partial charge in [0, 0.05) is 0 Å². The third-order valence-electron chi connectivity index (χ3n) is 2.64. The standard InChI is InChI=1S/C12H29N3/c1-14(2)10-6-4-5-7-11-15(3)12-8-9-13/h4-13H2,1-3H3. The second-order valence-electron chi connectivity index (χ2n) is 4.66. The summed E-state index contributed by atoms with van der Waals surface area (Å²) in [4.78, 5) is 4.65. The topological polar surface area (TPSA) is 32.5 Å². The molecule has 15 heavy (non-hydrogen) atoms. The average molecular weight is 215 g/mol. The van der Waals surface area contributed by atoms with Gasteiger partial charge in [0.05, 0.1) is 0 Å². The van der Waals surface area contributed by atoms with Crippen LogP contribution in [-0.2, 0) is 0 Å². The molecule has 0 aliphatic rings. The Hall–Kier alpha value is -0.120. The number of nitrogens with zero attached hydrogens (tertiary/aromatic N) is 2. The molecule has 2 N–H and O–H groups in total. The number of hydrogen-bond donors (Lipinski definition) is 1. The Labute approximate surface area is 95.6 Å². The Morgan fingerprint density at radius 3 is 1.80 bits per heavy atom. The smallest absolute Gasteiger partial charge is 0.000977 e. The second-order valence-corrected chi connectivity index (χ2v) is 4.66. The molecule has 0 aliphatic carbocycles. The Bertz CT molecular complexity index is 126. The summed E-state index contributed by atoms with van der Waals surface area (Å²) in [7, 11) is 6.47. The molecule has 0 rings (SSSR count). The highest BCUT2D eigenvalue weighted by Gasteiger charge is 1.97. The maximum atomic E-state index is 5.47. The summed E-state index contributed by atoms with van der Waals surface area (Å²) in [6.07, 6.45) is 6.51. The molecular formula is C12H29N3. The van der Waals surface area contributed by atoms with E-state index < -0.39 is 0 Å². The van der Waals surface area contributed by atoms with Crippen LogP contribution in [0, 0.1) is 0 Å². The summed E-state index contributed by atoms with van der Waals surface area (Å²) in [5.74, 6) is 0. The fourth-order valence-electron chi connectivity index (χ4n) is 1.64. The van der Waals surface area contributed by atoms with E-state index in [0.29, 0.717) is 0 Å². The van der Waals surface area contributed by atoms with Crippen LogP contribution in [0.2, 0.25) is 0 Å². The minimum atomic E-state index is 0.813. The summed E-state index contributed by atoms with van der Waals surface area (Å²) in [5, 5.41) is 0. The zero-order valence-corrected chi connectivity index (χ0v) is 10.8. The molecule has 0 fully saturated rings. The number of rotatable bonds is 10. The maximum Gasteiger partial charge on any atom is -0.000977 e. The van der Waals surface area contributed by atoms with Crippen LogP contribution < -0.4 is 5.73 Å². The van der Waals surface area contributed by atoms with Gasteiger partial charge in [-0.2, -0.15) is 0 Å². The van der Waals surface area contributed by atoms with Gasteiger partial charge >= 0.3 is 0 Å². The van der Waals surface area contributed by atoms with Gasteiger partial charge in [0.1, 0.15) is 0 Å². The van der Waals surface area contributed by atoms with Crippen LogP contribution in [-0.4, -0.2) is 57.1 Å². The average Bonchev–Trinajstić information content (AvgIpc) is 2.19. The van der Waals surface area contributed by atoms with Crippen LogP contribution in [0.4, 0.5) is 0 Å². The molecule has 0 radical (unpaired) electrons. The predicted octanol–water partition coefficient (Wildman–Crippen LogP) is 1.39. The molecule has 0 aromatic heterocycles.